The summed E-state index contributed by atoms with van der Waals surface area (Å²) in [5.74, 6) is -0.823. The van der Waals surface area contributed by atoms with E-state index < -0.39 is 5.91 Å². The van der Waals surface area contributed by atoms with Gasteiger partial charge in [0, 0.05) is 9.77 Å². The lowest BCUT2D eigenvalue weighted by Gasteiger charge is -2.14. The van der Waals surface area contributed by atoms with Crippen molar-refractivity contribution in [2.75, 3.05) is 5.01 Å². The zero-order valence-electron chi connectivity index (χ0n) is 10.1. The van der Waals surface area contributed by atoms with Gasteiger partial charge in [0.25, 0.3) is 11.8 Å². The fourth-order valence-electron chi connectivity index (χ4n) is 1.83. The average molecular weight is 380 g/mol. The third-order valence-electron chi connectivity index (χ3n) is 2.79. The van der Waals surface area contributed by atoms with Crippen molar-refractivity contribution in [2.24, 2.45) is 0 Å². The van der Waals surface area contributed by atoms with Crippen LogP contribution in [-0.2, 0) is 9.59 Å². The number of anilines is 1. The van der Waals surface area contributed by atoms with Gasteiger partial charge in [-0.2, -0.15) is 5.10 Å². The highest BCUT2D eigenvalue weighted by Crippen LogP contribution is 2.21. The third kappa shape index (κ3) is 2.31. The Bertz CT molecular complexity index is 692. The molecule has 2 amide bonds. The lowest BCUT2D eigenvalue weighted by Crippen LogP contribution is -2.35. The monoisotopic (exact) mass is 380 g/mol. The van der Waals surface area contributed by atoms with Gasteiger partial charge in [0.2, 0.25) is 0 Å². The summed E-state index contributed by atoms with van der Waals surface area (Å²) < 4.78 is 1.05. The molecule has 1 saturated heterocycles. The van der Waals surface area contributed by atoms with Gasteiger partial charge in [0.1, 0.15) is 5.57 Å². The van der Waals surface area contributed by atoms with Crippen LogP contribution in [0.3, 0.4) is 0 Å². The Morgan fingerprint density at radius 1 is 1.15 bits per heavy atom. The van der Waals surface area contributed by atoms with E-state index in [1.807, 2.05) is 12.1 Å². The normalized spacial score (nSPS) is 16.9. The molecule has 1 fully saturated rings. The van der Waals surface area contributed by atoms with Crippen molar-refractivity contribution < 1.29 is 9.59 Å². The van der Waals surface area contributed by atoms with Gasteiger partial charge in [-0.25, -0.2) is 5.01 Å². The van der Waals surface area contributed by atoms with E-state index in [-0.39, 0.29) is 11.5 Å². The molecule has 0 saturated carbocycles. The first-order valence-corrected chi connectivity index (χ1v) is 6.85. The third-order valence-corrected chi connectivity index (χ3v) is 3.51. The maximum atomic E-state index is 12.3. The Kier molecular flexibility index (Phi) is 3.26. The molecule has 2 heterocycles. The zero-order chi connectivity index (χ0) is 14.1. The van der Waals surface area contributed by atoms with Crippen LogP contribution in [0.2, 0.25) is 0 Å². The second-order valence-corrected chi connectivity index (χ2v) is 5.36. The number of aromatic nitrogens is 2. The molecule has 0 spiro atoms. The highest BCUT2D eigenvalue weighted by Gasteiger charge is 2.34. The number of nitrogens with one attached hydrogen (secondary N) is 2. The summed E-state index contributed by atoms with van der Waals surface area (Å²) in [5, 5.41) is 7.77. The molecular weight excluding hydrogens is 371 g/mol. The molecule has 1 aromatic carbocycles. The predicted octanol–water partition coefficient (Wildman–Crippen LogP) is 1.48. The van der Waals surface area contributed by atoms with Gasteiger partial charge >= 0.3 is 0 Å². The Labute approximate surface area is 128 Å². The van der Waals surface area contributed by atoms with E-state index >= 15 is 0 Å². The topological polar surface area (TPSA) is 78.1 Å². The number of hydrogen-bond acceptors (Lipinski definition) is 3. The molecule has 0 aliphatic carbocycles. The molecule has 7 heteroatoms. The molecule has 3 rings (SSSR count). The number of amides is 2. The van der Waals surface area contributed by atoms with Crippen LogP contribution in [0.1, 0.15) is 5.69 Å². The van der Waals surface area contributed by atoms with Crippen molar-refractivity contribution in [3.8, 4) is 0 Å². The smallest absolute Gasteiger partial charge is 0.282 e. The van der Waals surface area contributed by atoms with E-state index in [4.69, 9.17) is 0 Å². The SMILES string of the molecule is O=C1NN(c2ccc(I)cc2)C(=O)/C1=C\c1cc[nH]n1. The number of aromatic amines is 1. The number of rotatable bonds is 2. The minimum absolute atomic E-state index is 0.0654. The molecule has 0 atom stereocenters. The van der Waals surface area contributed by atoms with Gasteiger partial charge in [-0.05, 0) is 59.0 Å². The number of benzene rings is 1. The Morgan fingerprint density at radius 2 is 1.90 bits per heavy atom. The summed E-state index contributed by atoms with van der Waals surface area (Å²) in [6.07, 6.45) is 3.08. The zero-order valence-corrected chi connectivity index (χ0v) is 12.3. The molecule has 1 aliphatic rings. The summed E-state index contributed by atoms with van der Waals surface area (Å²) in [6.45, 7) is 0. The van der Waals surface area contributed by atoms with Crippen LogP contribution >= 0.6 is 22.6 Å². The van der Waals surface area contributed by atoms with E-state index in [0.717, 1.165) is 3.57 Å². The quantitative estimate of drug-likeness (QED) is 0.471. The van der Waals surface area contributed by atoms with Crippen molar-refractivity contribution in [1.82, 2.24) is 15.6 Å². The number of nitrogens with zero attached hydrogens (tertiary/aromatic N) is 2. The molecule has 2 aromatic rings. The Morgan fingerprint density at radius 3 is 2.55 bits per heavy atom. The maximum Gasteiger partial charge on any atom is 0.282 e. The van der Waals surface area contributed by atoms with Crippen LogP contribution in [0.15, 0.2) is 42.1 Å². The van der Waals surface area contributed by atoms with Gasteiger partial charge in [-0.1, -0.05) is 0 Å². The second kappa shape index (κ2) is 5.08. The van der Waals surface area contributed by atoms with Crippen LogP contribution in [0, 0.1) is 3.57 Å². The predicted molar refractivity (Wildman–Crippen MR) is 81.4 cm³/mol. The van der Waals surface area contributed by atoms with Gasteiger partial charge in [-0.3, -0.25) is 20.1 Å². The first-order chi connectivity index (χ1) is 9.65. The molecule has 1 aliphatic heterocycles. The van der Waals surface area contributed by atoms with E-state index in [0.29, 0.717) is 11.4 Å². The summed E-state index contributed by atoms with van der Waals surface area (Å²) in [7, 11) is 0. The molecule has 2 N–H and O–H groups in total. The molecule has 0 unspecified atom stereocenters. The standard InChI is InChI=1S/C13H9IN4O2/c14-8-1-3-10(4-2-8)18-13(20)11(12(19)17-18)7-9-5-6-15-16-9/h1-7H,(H,15,16)(H,17,19)/b11-7-. The van der Waals surface area contributed by atoms with Gasteiger partial charge in [0.15, 0.2) is 0 Å². The maximum absolute atomic E-state index is 12.3. The summed E-state index contributed by atoms with van der Waals surface area (Å²) in [4.78, 5) is 24.1. The van der Waals surface area contributed by atoms with Crippen LogP contribution in [0.25, 0.3) is 6.08 Å². The van der Waals surface area contributed by atoms with Crippen LogP contribution in [0.5, 0.6) is 0 Å². The highest BCUT2D eigenvalue weighted by molar-refractivity contribution is 14.1. The molecule has 6 nitrogen and oxygen atoms in total. The van der Waals surface area contributed by atoms with Crippen molar-refractivity contribution in [3.63, 3.8) is 0 Å². The second-order valence-electron chi connectivity index (χ2n) is 4.12. The molecular formula is C13H9IN4O2. The largest absolute Gasteiger partial charge is 0.285 e. The molecule has 100 valence electrons. The number of hydrazine groups is 1. The van der Waals surface area contributed by atoms with E-state index in [2.05, 4.69) is 38.2 Å². The first-order valence-electron chi connectivity index (χ1n) is 5.77. The van der Waals surface area contributed by atoms with E-state index in [9.17, 15) is 9.59 Å². The van der Waals surface area contributed by atoms with Gasteiger partial charge < -0.3 is 0 Å². The average Bonchev–Trinajstić information content (AvgIpc) is 3.04. The summed E-state index contributed by atoms with van der Waals surface area (Å²) >= 11 is 2.17. The first kappa shape index (κ1) is 12.9. The van der Waals surface area contributed by atoms with Crippen LogP contribution < -0.4 is 10.4 Å². The van der Waals surface area contributed by atoms with Crippen molar-refractivity contribution in [3.05, 3.63) is 51.4 Å². The van der Waals surface area contributed by atoms with Crippen molar-refractivity contribution in [2.45, 2.75) is 0 Å². The number of carbonyl (C=O) groups is 2. The number of hydrogen-bond donors (Lipinski definition) is 2. The summed E-state index contributed by atoms with van der Waals surface area (Å²) in [6, 6.07) is 8.96. The van der Waals surface area contributed by atoms with Crippen LogP contribution in [-0.4, -0.2) is 22.0 Å². The molecule has 0 radical (unpaired) electrons. The van der Waals surface area contributed by atoms with Crippen molar-refractivity contribution >= 4 is 46.2 Å². The Balaban J connectivity index is 1.92. The summed E-state index contributed by atoms with van der Waals surface area (Å²) in [5.41, 5.74) is 3.76. The van der Waals surface area contributed by atoms with Crippen LogP contribution in [0.4, 0.5) is 5.69 Å². The van der Waals surface area contributed by atoms with Gasteiger partial charge in [-0.15, -0.1) is 0 Å². The highest BCUT2D eigenvalue weighted by atomic mass is 127. The van der Waals surface area contributed by atoms with Gasteiger partial charge in [0.05, 0.1) is 11.4 Å². The lowest BCUT2D eigenvalue weighted by atomic mass is 10.2. The molecule has 1 aromatic heterocycles. The number of halogens is 1. The molecule has 0 bridgehead atoms. The van der Waals surface area contributed by atoms with Crippen molar-refractivity contribution in [1.29, 1.82) is 0 Å². The fraction of sp³-hybridized carbons (Fsp3) is 0. The van der Waals surface area contributed by atoms with E-state index in [1.165, 1.54) is 11.1 Å². The molecule has 20 heavy (non-hydrogen) atoms. The fourth-order valence-corrected chi connectivity index (χ4v) is 2.19. The van der Waals surface area contributed by atoms with E-state index in [1.54, 1.807) is 24.4 Å². The minimum Gasteiger partial charge on any atom is -0.285 e. The Hall–Kier alpha value is -2.16. The minimum atomic E-state index is -0.434. The lowest BCUT2D eigenvalue weighted by molar-refractivity contribution is -0.117. The number of H-pyrrole nitrogens is 1. The number of carbonyl (C=O) groups excluding carboxylic acids is 2.